The van der Waals surface area contributed by atoms with Crippen LogP contribution in [0, 0.1) is 5.82 Å². The van der Waals surface area contributed by atoms with Crippen molar-refractivity contribution in [1.82, 2.24) is 0 Å². The maximum Gasteiger partial charge on any atom is 0.146 e. The summed E-state index contributed by atoms with van der Waals surface area (Å²) in [4.78, 5) is 0. The highest BCUT2D eigenvalue weighted by molar-refractivity contribution is 5.45. The summed E-state index contributed by atoms with van der Waals surface area (Å²) < 4.78 is 13.2. The predicted molar refractivity (Wildman–Crippen MR) is 55.8 cm³/mol. The fourth-order valence-electron chi connectivity index (χ4n) is 0.988. The number of benzene rings is 1. The highest BCUT2D eigenvalue weighted by Crippen LogP contribution is 2.18. The molecule has 1 unspecified atom stereocenters. The van der Waals surface area contributed by atoms with Crippen LogP contribution < -0.4 is 5.32 Å². The second-order valence-electron chi connectivity index (χ2n) is 4.00. The van der Waals surface area contributed by atoms with Crippen LogP contribution in [0.3, 0.4) is 0 Å². The Balaban J connectivity index is 2.75. The van der Waals surface area contributed by atoms with Gasteiger partial charge in [-0.1, -0.05) is 12.1 Å². The van der Waals surface area contributed by atoms with Crippen molar-refractivity contribution in [2.45, 2.75) is 32.4 Å². The van der Waals surface area contributed by atoms with E-state index in [0.29, 0.717) is 5.69 Å². The lowest BCUT2D eigenvalue weighted by Gasteiger charge is -2.27. The molecule has 0 spiro atoms. The molecule has 0 bridgehead atoms. The van der Waals surface area contributed by atoms with E-state index in [1.165, 1.54) is 6.07 Å². The van der Waals surface area contributed by atoms with E-state index in [0.717, 1.165) is 0 Å². The average molecular weight is 197 g/mol. The molecule has 78 valence electrons. The number of rotatable bonds is 3. The number of aliphatic hydroxyl groups is 1. The van der Waals surface area contributed by atoms with Crippen LogP contribution in [0.2, 0.25) is 0 Å². The van der Waals surface area contributed by atoms with Crippen LogP contribution in [0.4, 0.5) is 10.1 Å². The van der Waals surface area contributed by atoms with Crippen molar-refractivity contribution >= 4 is 5.69 Å². The van der Waals surface area contributed by atoms with E-state index in [1.54, 1.807) is 32.0 Å². The second-order valence-corrected chi connectivity index (χ2v) is 4.00. The second kappa shape index (κ2) is 3.96. The Bertz CT molecular complexity index is 306. The Kier molecular flexibility index (Phi) is 3.11. The third-order valence-electron chi connectivity index (χ3n) is 2.31. The van der Waals surface area contributed by atoms with E-state index >= 15 is 0 Å². The van der Waals surface area contributed by atoms with Gasteiger partial charge in [0.15, 0.2) is 0 Å². The molecule has 0 saturated heterocycles. The molecule has 0 amide bonds. The fourth-order valence-corrected chi connectivity index (χ4v) is 0.988. The molecule has 0 radical (unpaired) electrons. The van der Waals surface area contributed by atoms with Crippen molar-refractivity contribution in [3.63, 3.8) is 0 Å². The average Bonchev–Trinajstić information content (AvgIpc) is 2.07. The fraction of sp³-hybridized carbons (Fsp3) is 0.455. The minimum atomic E-state index is -0.873. The van der Waals surface area contributed by atoms with Crippen LogP contribution in [-0.2, 0) is 0 Å². The van der Waals surface area contributed by atoms with Gasteiger partial charge >= 0.3 is 0 Å². The molecule has 1 atom stereocenters. The van der Waals surface area contributed by atoms with Gasteiger partial charge in [0.1, 0.15) is 5.82 Å². The van der Waals surface area contributed by atoms with Gasteiger partial charge < -0.3 is 10.4 Å². The summed E-state index contributed by atoms with van der Waals surface area (Å²) in [5.41, 5.74) is -0.454. The highest BCUT2D eigenvalue weighted by atomic mass is 19.1. The van der Waals surface area contributed by atoms with Gasteiger partial charge in [-0.25, -0.2) is 4.39 Å². The van der Waals surface area contributed by atoms with E-state index in [4.69, 9.17) is 0 Å². The Hall–Kier alpha value is -1.09. The maximum absolute atomic E-state index is 13.2. The van der Waals surface area contributed by atoms with E-state index < -0.39 is 5.60 Å². The van der Waals surface area contributed by atoms with Crippen LogP contribution in [0.15, 0.2) is 24.3 Å². The van der Waals surface area contributed by atoms with E-state index in [2.05, 4.69) is 5.32 Å². The quantitative estimate of drug-likeness (QED) is 0.779. The van der Waals surface area contributed by atoms with E-state index in [1.807, 2.05) is 6.92 Å². The lowest BCUT2D eigenvalue weighted by Crippen LogP contribution is -2.39. The minimum Gasteiger partial charge on any atom is -0.388 e. The third-order valence-corrected chi connectivity index (χ3v) is 2.31. The van der Waals surface area contributed by atoms with Crippen molar-refractivity contribution in [1.29, 1.82) is 0 Å². The first-order chi connectivity index (χ1) is 6.41. The Labute approximate surface area is 83.8 Å². The lowest BCUT2D eigenvalue weighted by molar-refractivity contribution is 0.0648. The first-order valence-corrected chi connectivity index (χ1v) is 4.64. The first kappa shape index (κ1) is 11.0. The molecule has 0 aliphatic carbocycles. The molecule has 0 saturated carbocycles. The normalized spacial score (nSPS) is 13.8. The minimum absolute atomic E-state index is 0.209. The number of para-hydroxylation sites is 1. The summed E-state index contributed by atoms with van der Waals surface area (Å²) in [6.45, 7) is 5.18. The zero-order valence-corrected chi connectivity index (χ0v) is 8.71. The van der Waals surface area contributed by atoms with Gasteiger partial charge in [-0.3, -0.25) is 0 Å². The van der Waals surface area contributed by atoms with E-state index in [-0.39, 0.29) is 11.9 Å². The molecular formula is C11H16FNO. The number of anilines is 1. The highest BCUT2D eigenvalue weighted by Gasteiger charge is 2.22. The largest absolute Gasteiger partial charge is 0.388 e. The lowest BCUT2D eigenvalue weighted by atomic mass is 10.0. The molecule has 1 rings (SSSR count). The third kappa shape index (κ3) is 2.70. The van der Waals surface area contributed by atoms with Gasteiger partial charge in [0.05, 0.1) is 17.3 Å². The molecule has 1 aromatic carbocycles. The summed E-state index contributed by atoms with van der Waals surface area (Å²) in [6.07, 6.45) is 0. The molecule has 2 nitrogen and oxygen atoms in total. The van der Waals surface area contributed by atoms with Gasteiger partial charge in [0.2, 0.25) is 0 Å². The summed E-state index contributed by atoms with van der Waals surface area (Å²) in [7, 11) is 0. The summed E-state index contributed by atoms with van der Waals surface area (Å²) >= 11 is 0. The number of nitrogens with one attached hydrogen (secondary N) is 1. The molecule has 0 aliphatic rings. The zero-order valence-electron chi connectivity index (χ0n) is 8.71. The van der Waals surface area contributed by atoms with Crippen molar-refractivity contribution in [3.05, 3.63) is 30.1 Å². The monoisotopic (exact) mass is 197 g/mol. The Morgan fingerprint density at radius 2 is 1.93 bits per heavy atom. The zero-order chi connectivity index (χ0) is 10.8. The molecule has 1 aromatic rings. The smallest absolute Gasteiger partial charge is 0.146 e. The van der Waals surface area contributed by atoms with Crippen LogP contribution >= 0.6 is 0 Å². The van der Waals surface area contributed by atoms with Gasteiger partial charge in [-0.15, -0.1) is 0 Å². The van der Waals surface area contributed by atoms with Gasteiger partial charge in [0, 0.05) is 0 Å². The van der Waals surface area contributed by atoms with Crippen molar-refractivity contribution < 1.29 is 9.50 Å². The molecule has 0 aromatic heterocycles. The van der Waals surface area contributed by atoms with Crippen LogP contribution in [-0.4, -0.2) is 16.7 Å². The Morgan fingerprint density at radius 1 is 1.36 bits per heavy atom. The number of halogens is 1. The van der Waals surface area contributed by atoms with E-state index in [9.17, 15) is 9.50 Å². The molecule has 2 N–H and O–H groups in total. The Morgan fingerprint density at radius 3 is 2.43 bits per heavy atom. The van der Waals surface area contributed by atoms with Crippen molar-refractivity contribution in [2.24, 2.45) is 0 Å². The van der Waals surface area contributed by atoms with Gasteiger partial charge in [0.25, 0.3) is 0 Å². The molecule has 0 heterocycles. The summed E-state index contributed by atoms with van der Waals surface area (Å²) in [5, 5.41) is 12.6. The number of hydrogen-bond acceptors (Lipinski definition) is 2. The molecule has 0 aliphatic heterocycles. The van der Waals surface area contributed by atoms with Gasteiger partial charge in [-0.2, -0.15) is 0 Å². The van der Waals surface area contributed by atoms with Gasteiger partial charge in [-0.05, 0) is 32.9 Å². The van der Waals surface area contributed by atoms with Crippen LogP contribution in [0.5, 0.6) is 0 Å². The van der Waals surface area contributed by atoms with Crippen LogP contribution in [0.25, 0.3) is 0 Å². The molecule has 0 fully saturated rings. The number of hydrogen-bond donors (Lipinski definition) is 2. The summed E-state index contributed by atoms with van der Waals surface area (Å²) in [6, 6.07) is 6.22. The van der Waals surface area contributed by atoms with Crippen molar-refractivity contribution in [2.75, 3.05) is 5.32 Å². The first-order valence-electron chi connectivity index (χ1n) is 4.64. The maximum atomic E-state index is 13.2. The summed E-state index contributed by atoms with van der Waals surface area (Å²) in [5.74, 6) is -0.302. The SMILES string of the molecule is CC(Nc1ccccc1F)C(C)(C)O. The van der Waals surface area contributed by atoms with Crippen LogP contribution in [0.1, 0.15) is 20.8 Å². The molecule has 14 heavy (non-hydrogen) atoms. The molecule has 3 heteroatoms. The predicted octanol–water partition coefficient (Wildman–Crippen LogP) is 2.40. The standard InChI is InChI=1S/C11H16FNO/c1-8(11(2,3)14)13-10-7-5-4-6-9(10)12/h4-8,13-14H,1-3H3. The topological polar surface area (TPSA) is 32.3 Å². The molecular weight excluding hydrogens is 181 g/mol. The van der Waals surface area contributed by atoms with Crippen molar-refractivity contribution in [3.8, 4) is 0 Å².